The van der Waals surface area contributed by atoms with Crippen molar-refractivity contribution in [3.63, 3.8) is 0 Å². The first-order valence-corrected chi connectivity index (χ1v) is 8.32. The quantitative estimate of drug-likeness (QED) is 0.829. The first kappa shape index (κ1) is 17.1. The fourth-order valence-electron chi connectivity index (χ4n) is 2.53. The minimum atomic E-state index is 0.0586. The summed E-state index contributed by atoms with van der Waals surface area (Å²) in [6, 6.07) is 8.80. The molecule has 1 aromatic carbocycles. The van der Waals surface area contributed by atoms with Gasteiger partial charge in [0.05, 0.1) is 0 Å². The summed E-state index contributed by atoms with van der Waals surface area (Å²) in [5, 5.41) is 4.78. The van der Waals surface area contributed by atoms with Crippen molar-refractivity contribution < 1.29 is 4.42 Å². The Bertz CT molecular complexity index is 625. The molecule has 0 radical (unpaired) electrons. The van der Waals surface area contributed by atoms with Gasteiger partial charge in [-0.25, -0.2) is 0 Å². The lowest BCUT2D eigenvalue weighted by Gasteiger charge is -2.23. The van der Waals surface area contributed by atoms with Crippen LogP contribution in [0.25, 0.3) is 11.0 Å². The molecule has 2 heteroatoms. The standard InChI is InChI=1S/C20H31NO/c1-14(13-21-20(5,6)7)10-15-8-9-16-12-18(19(2,3)4)22-17(16)11-15/h8-9,11-12,14,21H,10,13H2,1-7H3. The molecule has 0 spiro atoms. The van der Waals surface area contributed by atoms with Crippen LogP contribution in [-0.2, 0) is 11.8 Å². The Morgan fingerprint density at radius 2 is 1.73 bits per heavy atom. The fraction of sp³-hybridized carbons (Fsp3) is 0.600. The Hall–Kier alpha value is -1.28. The monoisotopic (exact) mass is 301 g/mol. The number of rotatable bonds is 4. The molecule has 0 saturated heterocycles. The first-order chi connectivity index (χ1) is 10.0. The molecule has 0 aliphatic rings. The second kappa shape index (κ2) is 6.08. The maximum atomic E-state index is 6.05. The van der Waals surface area contributed by atoms with Gasteiger partial charge in [0, 0.05) is 16.3 Å². The first-order valence-electron chi connectivity index (χ1n) is 8.32. The van der Waals surface area contributed by atoms with E-state index >= 15 is 0 Å². The molecule has 0 saturated carbocycles. The molecule has 2 aromatic rings. The van der Waals surface area contributed by atoms with Gasteiger partial charge in [-0.2, -0.15) is 0 Å². The van der Waals surface area contributed by atoms with Crippen molar-refractivity contribution in [2.75, 3.05) is 6.54 Å². The van der Waals surface area contributed by atoms with Gasteiger partial charge in [0.1, 0.15) is 11.3 Å². The predicted molar refractivity (Wildman–Crippen MR) is 95.5 cm³/mol. The number of fused-ring (bicyclic) bond motifs is 1. The van der Waals surface area contributed by atoms with Crippen molar-refractivity contribution in [1.29, 1.82) is 0 Å². The Kier molecular flexibility index (Phi) is 4.72. The molecular weight excluding hydrogens is 270 g/mol. The van der Waals surface area contributed by atoms with Gasteiger partial charge in [0.25, 0.3) is 0 Å². The lowest BCUT2D eigenvalue weighted by molar-refractivity contribution is 0.381. The van der Waals surface area contributed by atoms with Crippen molar-refractivity contribution in [3.05, 3.63) is 35.6 Å². The highest BCUT2D eigenvalue weighted by atomic mass is 16.3. The lowest BCUT2D eigenvalue weighted by atomic mass is 9.93. The van der Waals surface area contributed by atoms with Crippen molar-refractivity contribution in [1.82, 2.24) is 5.32 Å². The second-order valence-electron chi connectivity index (χ2n) is 8.67. The van der Waals surface area contributed by atoms with Crippen molar-refractivity contribution in [2.45, 2.75) is 65.8 Å². The van der Waals surface area contributed by atoms with Crippen LogP contribution in [0.2, 0.25) is 0 Å². The second-order valence-corrected chi connectivity index (χ2v) is 8.67. The van der Waals surface area contributed by atoms with E-state index < -0.39 is 0 Å². The van der Waals surface area contributed by atoms with Gasteiger partial charge in [0.2, 0.25) is 0 Å². The van der Waals surface area contributed by atoms with E-state index in [0.717, 1.165) is 24.3 Å². The Morgan fingerprint density at radius 1 is 1.05 bits per heavy atom. The summed E-state index contributed by atoms with van der Waals surface area (Å²) in [6.07, 6.45) is 1.07. The van der Waals surface area contributed by atoms with Gasteiger partial charge in [-0.05, 0) is 57.4 Å². The van der Waals surface area contributed by atoms with Crippen LogP contribution in [-0.4, -0.2) is 12.1 Å². The molecule has 0 fully saturated rings. The molecule has 2 rings (SSSR count). The maximum absolute atomic E-state index is 6.05. The summed E-state index contributed by atoms with van der Waals surface area (Å²) in [6.45, 7) is 16.5. The molecule has 22 heavy (non-hydrogen) atoms. The van der Waals surface area contributed by atoms with Crippen molar-refractivity contribution >= 4 is 11.0 Å². The third-order valence-electron chi connectivity index (χ3n) is 3.89. The zero-order chi connectivity index (χ0) is 16.5. The molecule has 1 atom stereocenters. The molecule has 122 valence electrons. The summed E-state index contributed by atoms with van der Waals surface area (Å²) >= 11 is 0. The SMILES string of the molecule is CC(CNC(C)(C)C)Cc1ccc2cc(C(C)(C)C)oc2c1. The van der Waals surface area contributed by atoms with E-state index in [1.807, 2.05) is 0 Å². The fourth-order valence-corrected chi connectivity index (χ4v) is 2.53. The van der Waals surface area contributed by atoms with Crippen LogP contribution in [0.1, 0.15) is 59.8 Å². The predicted octanol–water partition coefficient (Wildman–Crippen LogP) is 5.30. The van der Waals surface area contributed by atoms with Crippen molar-refractivity contribution in [3.8, 4) is 0 Å². The van der Waals surface area contributed by atoms with Gasteiger partial charge in [-0.1, -0.05) is 39.8 Å². The van der Waals surface area contributed by atoms with Crippen LogP contribution in [0.3, 0.4) is 0 Å². The topological polar surface area (TPSA) is 25.2 Å². The molecule has 0 amide bonds. The van der Waals surface area contributed by atoms with Crippen LogP contribution in [0, 0.1) is 5.92 Å². The molecule has 0 aliphatic carbocycles. The highest BCUT2D eigenvalue weighted by Gasteiger charge is 2.19. The van der Waals surface area contributed by atoms with E-state index in [-0.39, 0.29) is 11.0 Å². The van der Waals surface area contributed by atoms with Crippen LogP contribution >= 0.6 is 0 Å². The molecule has 1 aromatic heterocycles. The minimum Gasteiger partial charge on any atom is -0.461 e. The number of benzene rings is 1. The minimum absolute atomic E-state index is 0.0586. The third-order valence-corrected chi connectivity index (χ3v) is 3.89. The van der Waals surface area contributed by atoms with E-state index in [0.29, 0.717) is 5.92 Å². The van der Waals surface area contributed by atoms with Gasteiger partial charge in [-0.15, -0.1) is 0 Å². The highest BCUT2D eigenvalue weighted by Crippen LogP contribution is 2.29. The van der Waals surface area contributed by atoms with Crippen molar-refractivity contribution in [2.24, 2.45) is 5.92 Å². The number of furan rings is 1. The van der Waals surface area contributed by atoms with E-state index in [4.69, 9.17) is 4.42 Å². The molecule has 2 nitrogen and oxygen atoms in total. The summed E-state index contributed by atoms with van der Waals surface area (Å²) in [5.41, 5.74) is 2.60. The summed E-state index contributed by atoms with van der Waals surface area (Å²) in [7, 11) is 0. The van der Waals surface area contributed by atoms with Crippen LogP contribution in [0.15, 0.2) is 28.7 Å². The average molecular weight is 301 g/mol. The largest absolute Gasteiger partial charge is 0.461 e. The third kappa shape index (κ3) is 4.61. The zero-order valence-electron chi connectivity index (χ0n) is 15.2. The van der Waals surface area contributed by atoms with Gasteiger partial charge >= 0.3 is 0 Å². The van der Waals surface area contributed by atoms with Crippen LogP contribution in [0.5, 0.6) is 0 Å². The van der Waals surface area contributed by atoms with E-state index in [1.54, 1.807) is 0 Å². The lowest BCUT2D eigenvalue weighted by Crippen LogP contribution is -2.38. The molecule has 1 heterocycles. The number of hydrogen-bond donors (Lipinski definition) is 1. The van der Waals surface area contributed by atoms with E-state index in [2.05, 4.69) is 78.0 Å². The molecule has 0 bridgehead atoms. The summed E-state index contributed by atoms with van der Waals surface area (Å²) < 4.78 is 6.05. The molecule has 1 N–H and O–H groups in total. The summed E-state index contributed by atoms with van der Waals surface area (Å²) in [4.78, 5) is 0. The van der Waals surface area contributed by atoms with Gasteiger partial charge in [0.15, 0.2) is 0 Å². The Balaban J connectivity index is 2.09. The van der Waals surface area contributed by atoms with Gasteiger partial charge < -0.3 is 9.73 Å². The zero-order valence-corrected chi connectivity index (χ0v) is 15.2. The van der Waals surface area contributed by atoms with E-state index in [9.17, 15) is 0 Å². The van der Waals surface area contributed by atoms with Gasteiger partial charge in [-0.3, -0.25) is 0 Å². The van der Waals surface area contributed by atoms with Crippen LogP contribution < -0.4 is 5.32 Å². The molecular formula is C20H31NO. The number of nitrogens with one attached hydrogen (secondary N) is 1. The highest BCUT2D eigenvalue weighted by molar-refractivity contribution is 5.78. The summed E-state index contributed by atoms with van der Waals surface area (Å²) in [5.74, 6) is 1.66. The Labute approximate surface area is 135 Å². The Morgan fingerprint density at radius 3 is 2.32 bits per heavy atom. The smallest absolute Gasteiger partial charge is 0.134 e. The maximum Gasteiger partial charge on any atom is 0.134 e. The number of hydrogen-bond acceptors (Lipinski definition) is 2. The normalized spacial score (nSPS) is 14.5. The van der Waals surface area contributed by atoms with E-state index in [1.165, 1.54) is 10.9 Å². The average Bonchev–Trinajstić information content (AvgIpc) is 2.78. The molecule has 1 unspecified atom stereocenters. The molecule has 0 aliphatic heterocycles. The van der Waals surface area contributed by atoms with Crippen LogP contribution in [0.4, 0.5) is 0 Å².